The number of carboxylic acid groups (broad SMARTS) is 2. The third-order valence-electron chi connectivity index (χ3n) is 3.55. The number of carbonyl (C=O) groups excluding carboxylic acids is 3. The molecule has 10 nitrogen and oxygen atoms in total. The highest BCUT2D eigenvalue weighted by Crippen LogP contribution is 2.19. The van der Waals surface area contributed by atoms with Crippen molar-refractivity contribution in [2.24, 2.45) is 5.10 Å². The highest BCUT2D eigenvalue weighted by molar-refractivity contribution is 6.67. The SMILES string of the molecule is O=C(O)CC[C@H](NC(=O)C1=NN(c2ccc(F)cc2)C(=O)CC1=O)C(=O)O. The van der Waals surface area contributed by atoms with Crippen LogP contribution in [0.2, 0.25) is 0 Å². The van der Waals surface area contributed by atoms with Gasteiger partial charge in [0.1, 0.15) is 11.9 Å². The number of nitrogens with one attached hydrogen (secondary N) is 1. The number of hydrogen-bond donors (Lipinski definition) is 3. The first-order valence-corrected chi connectivity index (χ1v) is 7.65. The van der Waals surface area contributed by atoms with Crippen molar-refractivity contribution < 1.29 is 38.6 Å². The Labute approximate surface area is 151 Å². The van der Waals surface area contributed by atoms with Gasteiger partial charge in [0.15, 0.2) is 11.5 Å². The molecule has 1 heterocycles. The van der Waals surface area contributed by atoms with E-state index in [-0.39, 0.29) is 5.69 Å². The quantitative estimate of drug-likeness (QED) is 0.560. The van der Waals surface area contributed by atoms with Gasteiger partial charge >= 0.3 is 11.9 Å². The minimum atomic E-state index is -1.55. The number of aliphatic carboxylic acids is 2. The lowest BCUT2D eigenvalue weighted by molar-refractivity contribution is -0.142. The molecule has 0 aromatic heterocycles. The molecule has 1 aromatic rings. The van der Waals surface area contributed by atoms with E-state index in [4.69, 9.17) is 10.2 Å². The molecule has 2 rings (SSSR count). The summed E-state index contributed by atoms with van der Waals surface area (Å²) in [4.78, 5) is 57.9. The first-order valence-electron chi connectivity index (χ1n) is 7.65. The number of benzene rings is 1. The van der Waals surface area contributed by atoms with E-state index < -0.39 is 66.4 Å². The van der Waals surface area contributed by atoms with Crippen molar-refractivity contribution in [3.63, 3.8) is 0 Å². The molecule has 142 valence electrons. The number of halogens is 1. The Hall–Kier alpha value is -3.63. The van der Waals surface area contributed by atoms with Crippen molar-refractivity contribution in [3.8, 4) is 0 Å². The summed E-state index contributed by atoms with van der Waals surface area (Å²) in [5, 5.41) is 24.1. The van der Waals surface area contributed by atoms with Gasteiger partial charge in [0, 0.05) is 6.42 Å². The van der Waals surface area contributed by atoms with Crippen LogP contribution in [0, 0.1) is 5.82 Å². The molecule has 0 saturated carbocycles. The maximum atomic E-state index is 13.0. The van der Waals surface area contributed by atoms with Gasteiger partial charge in [0.2, 0.25) is 0 Å². The lowest BCUT2D eigenvalue weighted by atomic mass is 10.1. The smallest absolute Gasteiger partial charge is 0.326 e. The van der Waals surface area contributed by atoms with Crippen LogP contribution in [-0.2, 0) is 24.0 Å². The second kappa shape index (κ2) is 8.17. The zero-order valence-corrected chi connectivity index (χ0v) is 13.7. The summed E-state index contributed by atoms with van der Waals surface area (Å²) in [5.41, 5.74) is -0.597. The molecule has 0 bridgehead atoms. The molecule has 2 amide bonds. The first kappa shape index (κ1) is 19.7. The second-order valence-corrected chi connectivity index (χ2v) is 5.53. The number of Topliss-reactive ketones (excluding diaryl/α,β-unsaturated/α-hetero) is 1. The predicted octanol–water partition coefficient (Wildman–Crippen LogP) is -0.0783. The van der Waals surface area contributed by atoms with E-state index in [1.807, 2.05) is 5.32 Å². The van der Waals surface area contributed by atoms with Crippen molar-refractivity contribution in [1.29, 1.82) is 0 Å². The van der Waals surface area contributed by atoms with Gasteiger partial charge in [-0.25, -0.2) is 9.18 Å². The van der Waals surface area contributed by atoms with Crippen LogP contribution in [0.25, 0.3) is 0 Å². The van der Waals surface area contributed by atoms with E-state index in [1.54, 1.807) is 0 Å². The summed E-state index contributed by atoms with van der Waals surface area (Å²) in [6.45, 7) is 0. The Morgan fingerprint density at radius 1 is 1.19 bits per heavy atom. The van der Waals surface area contributed by atoms with Crippen LogP contribution in [0.4, 0.5) is 10.1 Å². The predicted molar refractivity (Wildman–Crippen MR) is 87.4 cm³/mol. The number of anilines is 1. The third kappa shape index (κ3) is 4.93. The van der Waals surface area contributed by atoms with Gasteiger partial charge in [0.25, 0.3) is 11.8 Å². The molecule has 27 heavy (non-hydrogen) atoms. The summed E-state index contributed by atoms with van der Waals surface area (Å²) in [7, 11) is 0. The van der Waals surface area contributed by atoms with E-state index in [0.717, 1.165) is 17.1 Å². The maximum absolute atomic E-state index is 13.0. The van der Waals surface area contributed by atoms with Crippen molar-refractivity contribution in [3.05, 3.63) is 30.1 Å². The number of amides is 2. The number of carboxylic acids is 2. The summed E-state index contributed by atoms with van der Waals surface area (Å²) in [6.07, 6.45) is -1.60. The van der Waals surface area contributed by atoms with E-state index in [9.17, 15) is 28.4 Å². The Balaban J connectivity index is 2.23. The largest absolute Gasteiger partial charge is 0.481 e. The van der Waals surface area contributed by atoms with Gasteiger partial charge in [-0.2, -0.15) is 10.1 Å². The average Bonchev–Trinajstić information content (AvgIpc) is 2.59. The molecule has 1 aliphatic heterocycles. The highest BCUT2D eigenvalue weighted by atomic mass is 19.1. The van der Waals surface area contributed by atoms with Crippen LogP contribution in [-0.4, -0.2) is 51.5 Å². The normalized spacial score (nSPS) is 15.1. The monoisotopic (exact) mass is 379 g/mol. The summed E-state index contributed by atoms with van der Waals surface area (Å²) < 4.78 is 13.0. The molecule has 3 N–H and O–H groups in total. The van der Waals surface area contributed by atoms with Crippen LogP contribution in [0.15, 0.2) is 29.4 Å². The summed E-state index contributed by atoms with van der Waals surface area (Å²) >= 11 is 0. The van der Waals surface area contributed by atoms with E-state index in [1.165, 1.54) is 12.1 Å². The van der Waals surface area contributed by atoms with E-state index >= 15 is 0 Å². The number of hydrogen-bond acceptors (Lipinski definition) is 6. The van der Waals surface area contributed by atoms with Gasteiger partial charge < -0.3 is 15.5 Å². The molecule has 0 aliphatic carbocycles. The minimum absolute atomic E-state index is 0.111. The lowest BCUT2D eigenvalue weighted by Gasteiger charge is -2.23. The second-order valence-electron chi connectivity index (χ2n) is 5.53. The molecule has 0 spiro atoms. The molecule has 11 heteroatoms. The lowest BCUT2D eigenvalue weighted by Crippen LogP contribution is -2.49. The average molecular weight is 379 g/mol. The topological polar surface area (TPSA) is 153 Å². The number of ketones is 1. The van der Waals surface area contributed by atoms with E-state index in [0.29, 0.717) is 0 Å². The molecule has 0 radical (unpaired) electrons. The molecule has 1 aliphatic rings. The Bertz CT molecular complexity index is 835. The van der Waals surface area contributed by atoms with Crippen LogP contribution in [0.5, 0.6) is 0 Å². The standard InChI is InChI=1S/C16H14FN3O7/c17-8-1-3-9(4-2-8)20-12(22)7-11(21)14(19-20)15(25)18-10(16(26)27)5-6-13(23)24/h1-4,10H,5-7H2,(H,18,25)(H,23,24)(H,26,27)/t10-/m0/s1. The molecular formula is C16H14FN3O7. The maximum Gasteiger partial charge on any atom is 0.326 e. The number of nitrogens with zero attached hydrogens (tertiary/aromatic N) is 2. The van der Waals surface area contributed by atoms with Crippen molar-refractivity contribution in [2.45, 2.75) is 25.3 Å². The first-order chi connectivity index (χ1) is 12.7. The highest BCUT2D eigenvalue weighted by Gasteiger charge is 2.34. The van der Waals surface area contributed by atoms with Crippen molar-refractivity contribution in [2.75, 3.05) is 5.01 Å². The van der Waals surface area contributed by atoms with Gasteiger partial charge in [-0.05, 0) is 30.7 Å². The molecule has 1 atom stereocenters. The molecular weight excluding hydrogens is 365 g/mol. The van der Waals surface area contributed by atoms with Gasteiger partial charge in [0.05, 0.1) is 12.1 Å². The fourth-order valence-electron chi connectivity index (χ4n) is 2.22. The molecule has 0 saturated heterocycles. The number of hydrazone groups is 1. The fraction of sp³-hybridized carbons (Fsp3) is 0.250. The number of carbonyl (C=O) groups is 5. The fourth-order valence-corrected chi connectivity index (χ4v) is 2.22. The van der Waals surface area contributed by atoms with E-state index in [2.05, 4.69) is 5.10 Å². The van der Waals surface area contributed by atoms with Gasteiger partial charge in [-0.15, -0.1) is 0 Å². The molecule has 0 fully saturated rings. The van der Waals surface area contributed by atoms with Gasteiger partial charge in [-0.3, -0.25) is 19.2 Å². The number of rotatable bonds is 7. The Morgan fingerprint density at radius 3 is 2.37 bits per heavy atom. The Kier molecular flexibility index (Phi) is 5.96. The van der Waals surface area contributed by atoms with Crippen molar-refractivity contribution in [1.82, 2.24) is 5.32 Å². The zero-order valence-electron chi connectivity index (χ0n) is 13.7. The van der Waals surface area contributed by atoms with Crippen LogP contribution in [0.3, 0.4) is 0 Å². The summed E-state index contributed by atoms with van der Waals surface area (Å²) in [6, 6.07) is 2.99. The van der Waals surface area contributed by atoms with Crippen LogP contribution >= 0.6 is 0 Å². The van der Waals surface area contributed by atoms with Crippen LogP contribution in [0.1, 0.15) is 19.3 Å². The summed E-state index contributed by atoms with van der Waals surface area (Å²) in [5.74, 6) is -6.13. The van der Waals surface area contributed by atoms with Crippen molar-refractivity contribution >= 4 is 40.9 Å². The molecule has 0 unspecified atom stereocenters. The van der Waals surface area contributed by atoms with Gasteiger partial charge in [-0.1, -0.05) is 0 Å². The van der Waals surface area contributed by atoms with Crippen LogP contribution < -0.4 is 10.3 Å². The minimum Gasteiger partial charge on any atom is -0.481 e. The molecule has 1 aromatic carbocycles. The Morgan fingerprint density at radius 2 is 1.81 bits per heavy atom. The third-order valence-corrected chi connectivity index (χ3v) is 3.55. The zero-order chi connectivity index (χ0) is 20.1.